The molecule has 0 saturated heterocycles. The Morgan fingerprint density at radius 3 is 2.50 bits per heavy atom. The summed E-state index contributed by atoms with van der Waals surface area (Å²) in [5, 5.41) is 9.69. The molecule has 1 atom stereocenters. The van der Waals surface area contributed by atoms with Crippen LogP contribution in [0.4, 0.5) is 0 Å². The first-order valence-electron chi connectivity index (χ1n) is 6.68. The molecule has 1 aromatic carbocycles. The van der Waals surface area contributed by atoms with E-state index in [9.17, 15) is 5.11 Å². The number of benzene rings is 1. The normalized spacial score (nSPS) is 14.4. The minimum Gasteiger partial charge on any atom is -0.389 e. The molecule has 3 N–H and O–H groups in total. The average molecular weight is 251 g/mol. The van der Waals surface area contributed by atoms with Gasteiger partial charge in [-0.3, -0.25) is 0 Å². The van der Waals surface area contributed by atoms with Gasteiger partial charge in [0.15, 0.2) is 0 Å². The van der Waals surface area contributed by atoms with Gasteiger partial charge in [0.2, 0.25) is 0 Å². The van der Waals surface area contributed by atoms with Crippen molar-refractivity contribution in [1.29, 1.82) is 0 Å². The molecule has 0 fully saturated rings. The van der Waals surface area contributed by atoms with Crippen molar-refractivity contribution in [3.63, 3.8) is 0 Å². The van der Waals surface area contributed by atoms with Gasteiger partial charge in [0.05, 0.1) is 5.60 Å². The summed E-state index contributed by atoms with van der Waals surface area (Å²) in [4.78, 5) is 0. The molecule has 1 unspecified atom stereocenters. The highest BCUT2D eigenvalue weighted by Gasteiger charge is 2.16. The zero-order valence-corrected chi connectivity index (χ0v) is 11.3. The minimum atomic E-state index is -0.743. The first kappa shape index (κ1) is 15.2. The molecular weight excluding hydrogens is 226 g/mol. The Labute approximate surface area is 110 Å². The van der Waals surface area contributed by atoms with Crippen molar-refractivity contribution in [3.05, 3.63) is 35.9 Å². The second-order valence-electron chi connectivity index (χ2n) is 5.01. The Morgan fingerprint density at radius 1 is 1.17 bits per heavy atom. The third-order valence-corrected chi connectivity index (χ3v) is 3.04. The molecular formula is C15H25NO2. The van der Waals surface area contributed by atoms with E-state index in [1.165, 1.54) is 5.56 Å². The average Bonchev–Trinajstić information content (AvgIpc) is 2.39. The summed E-state index contributed by atoms with van der Waals surface area (Å²) in [5.41, 5.74) is 6.05. The molecule has 3 nitrogen and oxygen atoms in total. The second-order valence-corrected chi connectivity index (χ2v) is 5.01. The van der Waals surface area contributed by atoms with Crippen molar-refractivity contribution >= 4 is 0 Å². The fraction of sp³-hybridized carbons (Fsp3) is 0.600. The van der Waals surface area contributed by atoms with Crippen molar-refractivity contribution < 1.29 is 9.84 Å². The number of rotatable bonds is 9. The molecule has 0 aliphatic carbocycles. The number of hydrogen-bond donors (Lipinski definition) is 2. The van der Waals surface area contributed by atoms with Crippen LogP contribution in [0.25, 0.3) is 0 Å². The van der Waals surface area contributed by atoms with Gasteiger partial charge in [-0.15, -0.1) is 0 Å². The van der Waals surface area contributed by atoms with E-state index in [4.69, 9.17) is 10.5 Å². The van der Waals surface area contributed by atoms with Crippen LogP contribution in [-0.2, 0) is 11.2 Å². The molecule has 18 heavy (non-hydrogen) atoms. The van der Waals surface area contributed by atoms with Gasteiger partial charge >= 0.3 is 0 Å². The second kappa shape index (κ2) is 8.25. The van der Waals surface area contributed by atoms with Gasteiger partial charge in [-0.25, -0.2) is 0 Å². The van der Waals surface area contributed by atoms with Crippen LogP contribution >= 0.6 is 0 Å². The molecule has 1 rings (SSSR count). The van der Waals surface area contributed by atoms with Crippen LogP contribution in [0.3, 0.4) is 0 Å². The summed E-state index contributed by atoms with van der Waals surface area (Å²) < 4.78 is 5.54. The molecule has 0 amide bonds. The Bertz CT molecular complexity index is 312. The number of aryl methyl sites for hydroxylation is 1. The Kier molecular flexibility index (Phi) is 6.94. The van der Waals surface area contributed by atoms with Gasteiger partial charge in [0.25, 0.3) is 0 Å². The predicted octanol–water partition coefficient (Wildman–Crippen LogP) is 2.13. The summed E-state index contributed by atoms with van der Waals surface area (Å²) in [7, 11) is 0. The lowest BCUT2D eigenvalue weighted by Gasteiger charge is -2.20. The predicted molar refractivity (Wildman–Crippen MR) is 74.5 cm³/mol. The number of aliphatic hydroxyl groups is 1. The maximum atomic E-state index is 9.69. The lowest BCUT2D eigenvalue weighted by molar-refractivity contribution is 0.0432. The highest BCUT2D eigenvalue weighted by Crippen LogP contribution is 2.10. The summed E-state index contributed by atoms with van der Waals surface area (Å²) in [6, 6.07) is 10.4. The zero-order chi connectivity index (χ0) is 13.3. The molecule has 0 bridgehead atoms. The topological polar surface area (TPSA) is 55.5 Å². The molecule has 3 heteroatoms. The van der Waals surface area contributed by atoms with Crippen LogP contribution in [0, 0.1) is 0 Å². The third-order valence-electron chi connectivity index (χ3n) is 3.04. The van der Waals surface area contributed by atoms with Crippen LogP contribution < -0.4 is 5.73 Å². The smallest absolute Gasteiger partial charge is 0.0742 e. The van der Waals surface area contributed by atoms with E-state index in [2.05, 4.69) is 24.3 Å². The highest BCUT2D eigenvalue weighted by atomic mass is 16.5. The van der Waals surface area contributed by atoms with Crippen LogP contribution in [0.5, 0.6) is 0 Å². The van der Waals surface area contributed by atoms with Crippen LogP contribution in [0.1, 0.15) is 31.7 Å². The van der Waals surface area contributed by atoms with Gasteiger partial charge < -0.3 is 15.6 Å². The quantitative estimate of drug-likeness (QED) is 0.661. The molecule has 1 aromatic rings. The van der Waals surface area contributed by atoms with Gasteiger partial charge in [-0.2, -0.15) is 0 Å². The maximum Gasteiger partial charge on any atom is 0.0742 e. The van der Waals surface area contributed by atoms with Crippen molar-refractivity contribution in [2.24, 2.45) is 5.73 Å². The molecule has 0 heterocycles. The zero-order valence-electron chi connectivity index (χ0n) is 11.3. The fourth-order valence-electron chi connectivity index (χ4n) is 1.78. The standard InChI is InChI=1S/C15H25NO2/c1-15(17,13-16)10-6-12-18-11-5-9-14-7-3-2-4-8-14/h2-4,7-8,17H,5-6,9-13,16H2,1H3. The van der Waals surface area contributed by atoms with Crippen molar-refractivity contribution in [2.75, 3.05) is 19.8 Å². The monoisotopic (exact) mass is 251 g/mol. The van der Waals surface area contributed by atoms with Gasteiger partial charge in [0.1, 0.15) is 0 Å². The Morgan fingerprint density at radius 2 is 1.83 bits per heavy atom. The highest BCUT2D eigenvalue weighted by molar-refractivity contribution is 5.14. The van der Waals surface area contributed by atoms with E-state index in [-0.39, 0.29) is 0 Å². The van der Waals surface area contributed by atoms with Crippen molar-refractivity contribution in [2.45, 2.75) is 38.2 Å². The van der Waals surface area contributed by atoms with E-state index in [0.717, 1.165) is 25.9 Å². The van der Waals surface area contributed by atoms with Gasteiger partial charge in [-0.05, 0) is 38.2 Å². The number of hydrogen-bond acceptors (Lipinski definition) is 3. The van der Waals surface area contributed by atoms with E-state index < -0.39 is 5.60 Å². The number of ether oxygens (including phenoxy) is 1. The molecule has 0 aliphatic heterocycles. The van der Waals surface area contributed by atoms with Crippen molar-refractivity contribution in [1.82, 2.24) is 0 Å². The minimum absolute atomic E-state index is 0.307. The van der Waals surface area contributed by atoms with Crippen LogP contribution in [0.2, 0.25) is 0 Å². The molecule has 0 aromatic heterocycles. The van der Waals surface area contributed by atoms with E-state index in [1.807, 2.05) is 6.07 Å². The van der Waals surface area contributed by atoms with Gasteiger partial charge in [0, 0.05) is 19.8 Å². The van der Waals surface area contributed by atoms with Gasteiger partial charge in [-0.1, -0.05) is 30.3 Å². The third kappa shape index (κ3) is 6.74. The molecule has 0 saturated carbocycles. The Hall–Kier alpha value is -0.900. The molecule has 0 spiro atoms. The van der Waals surface area contributed by atoms with E-state index >= 15 is 0 Å². The van der Waals surface area contributed by atoms with Crippen molar-refractivity contribution in [3.8, 4) is 0 Å². The molecule has 102 valence electrons. The van der Waals surface area contributed by atoms with Crippen LogP contribution in [0.15, 0.2) is 30.3 Å². The largest absolute Gasteiger partial charge is 0.389 e. The first-order chi connectivity index (χ1) is 8.64. The first-order valence-corrected chi connectivity index (χ1v) is 6.68. The molecule has 0 radical (unpaired) electrons. The summed E-state index contributed by atoms with van der Waals surface area (Å²) >= 11 is 0. The lowest BCUT2D eigenvalue weighted by atomic mass is 10.0. The fourth-order valence-corrected chi connectivity index (χ4v) is 1.78. The van der Waals surface area contributed by atoms with E-state index in [1.54, 1.807) is 6.92 Å². The summed E-state index contributed by atoms with van der Waals surface area (Å²) in [5.74, 6) is 0. The van der Waals surface area contributed by atoms with Crippen LogP contribution in [-0.4, -0.2) is 30.5 Å². The van der Waals surface area contributed by atoms with E-state index in [0.29, 0.717) is 19.6 Å². The number of nitrogens with two attached hydrogens (primary N) is 1. The SMILES string of the molecule is CC(O)(CN)CCCOCCCc1ccccc1. The lowest BCUT2D eigenvalue weighted by Crippen LogP contribution is -2.34. The summed E-state index contributed by atoms with van der Waals surface area (Å²) in [6.45, 7) is 3.55. The summed E-state index contributed by atoms with van der Waals surface area (Å²) in [6.07, 6.45) is 3.65. The Balaban J connectivity index is 1.96. The maximum absolute atomic E-state index is 9.69. The molecule has 0 aliphatic rings.